The minimum Gasteiger partial charge on any atom is -0.310 e. The third kappa shape index (κ3) is 9.42. The Kier molecular flexibility index (Phi) is 12.6. The molecule has 7 heteroatoms. The van der Waals surface area contributed by atoms with E-state index in [0.717, 1.165) is 106 Å². The number of para-hydroxylation sites is 4. The standard InChI is InChI=1S/C72H47N7/c1-73-57-19-15-17-55(45-57)69-49-68(75-72(76-69)56-18-16-20-58(46-56)74-2)54-35-33-52(34-36-54)50-29-31-51(32-30-50)53-37-39-63(40-38-53)79-70-43-41-64(77(59-21-7-3-8-22-59)60-23-9-4-10-24-60)47-66(70)67-48-65(42-44-71(67)79)78(61-25-11-5-12-26-61)62-27-13-6-14-28-62/h3-49H. The van der Waals surface area contributed by atoms with Gasteiger partial charge in [-0.2, -0.15) is 0 Å². The Hall–Kier alpha value is -11.1. The first-order valence-electron chi connectivity index (χ1n) is 26.1. The quantitative estimate of drug-likeness (QED) is 0.114. The maximum absolute atomic E-state index is 7.59. The van der Waals surface area contributed by atoms with Gasteiger partial charge in [0.15, 0.2) is 17.2 Å². The van der Waals surface area contributed by atoms with E-state index in [0.29, 0.717) is 22.9 Å². The van der Waals surface area contributed by atoms with Crippen LogP contribution in [-0.2, 0) is 0 Å². The molecular weight excluding hydrogens is 963 g/mol. The second-order valence-electron chi connectivity index (χ2n) is 19.2. The maximum atomic E-state index is 7.59. The van der Waals surface area contributed by atoms with Crippen molar-refractivity contribution in [3.8, 4) is 61.8 Å². The summed E-state index contributed by atoms with van der Waals surface area (Å²) in [5.41, 5.74) is 19.2. The maximum Gasteiger partial charge on any atom is 0.187 e. The van der Waals surface area contributed by atoms with Crippen molar-refractivity contribution in [3.63, 3.8) is 0 Å². The molecule has 0 unspecified atom stereocenters. The van der Waals surface area contributed by atoms with E-state index in [-0.39, 0.29) is 0 Å². The highest BCUT2D eigenvalue weighted by molar-refractivity contribution is 6.12. The molecule has 0 saturated heterocycles. The smallest absolute Gasteiger partial charge is 0.187 e. The number of rotatable bonds is 12. The molecule has 13 aromatic rings. The second-order valence-corrected chi connectivity index (χ2v) is 19.2. The van der Waals surface area contributed by atoms with Crippen molar-refractivity contribution in [3.05, 3.63) is 308 Å². The van der Waals surface area contributed by atoms with Gasteiger partial charge in [-0.1, -0.05) is 170 Å². The van der Waals surface area contributed by atoms with Crippen molar-refractivity contribution in [2.45, 2.75) is 0 Å². The Morgan fingerprint density at radius 1 is 0.291 bits per heavy atom. The molecule has 2 aromatic heterocycles. The van der Waals surface area contributed by atoms with E-state index >= 15 is 0 Å². The summed E-state index contributed by atoms with van der Waals surface area (Å²) in [5.74, 6) is 0.515. The van der Waals surface area contributed by atoms with Crippen LogP contribution in [0.4, 0.5) is 45.5 Å². The molecule has 2 heterocycles. The summed E-state index contributed by atoms with van der Waals surface area (Å²) in [5, 5.41) is 2.30. The number of hydrogen-bond donors (Lipinski definition) is 0. The number of benzene rings is 11. The van der Waals surface area contributed by atoms with Crippen molar-refractivity contribution in [2.75, 3.05) is 9.80 Å². The highest BCUT2D eigenvalue weighted by atomic mass is 15.1. The average molecular weight is 1010 g/mol. The van der Waals surface area contributed by atoms with E-state index in [2.05, 4.69) is 255 Å². The van der Waals surface area contributed by atoms with Crippen molar-refractivity contribution < 1.29 is 0 Å². The lowest BCUT2D eigenvalue weighted by atomic mass is 9.98. The molecule has 0 bridgehead atoms. The first-order chi connectivity index (χ1) is 39.0. The summed E-state index contributed by atoms with van der Waals surface area (Å²) < 4.78 is 2.39. The molecular formula is C72H47N7. The molecule has 370 valence electrons. The molecule has 0 fully saturated rings. The van der Waals surface area contributed by atoms with E-state index in [4.69, 9.17) is 23.1 Å². The summed E-state index contributed by atoms with van der Waals surface area (Å²) in [7, 11) is 0. The highest BCUT2D eigenvalue weighted by Crippen LogP contribution is 2.43. The van der Waals surface area contributed by atoms with Gasteiger partial charge in [0.1, 0.15) is 0 Å². The van der Waals surface area contributed by atoms with E-state index in [1.165, 1.54) is 0 Å². The second kappa shape index (κ2) is 20.9. The zero-order chi connectivity index (χ0) is 53.1. The summed E-state index contributed by atoms with van der Waals surface area (Å²) >= 11 is 0. The van der Waals surface area contributed by atoms with E-state index in [1.807, 2.05) is 42.5 Å². The van der Waals surface area contributed by atoms with Crippen LogP contribution in [0.3, 0.4) is 0 Å². The monoisotopic (exact) mass is 1010 g/mol. The lowest BCUT2D eigenvalue weighted by molar-refractivity contribution is 1.18. The predicted molar refractivity (Wildman–Crippen MR) is 325 cm³/mol. The van der Waals surface area contributed by atoms with Crippen LogP contribution in [0.1, 0.15) is 0 Å². The molecule has 0 aliphatic carbocycles. The van der Waals surface area contributed by atoms with Gasteiger partial charge in [0, 0.05) is 61.7 Å². The molecule has 13 rings (SSSR count). The number of nitrogens with zero attached hydrogens (tertiary/aromatic N) is 7. The van der Waals surface area contributed by atoms with Gasteiger partial charge >= 0.3 is 0 Å². The number of anilines is 6. The molecule has 0 atom stereocenters. The minimum absolute atomic E-state index is 0.515. The molecule has 0 amide bonds. The molecule has 0 aliphatic rings. The van der Waals surface area contributed by atoms with Gasteiger partial charge in [0.25, 0.3) is 0 Å². The van der Waals surface area contributed by atoms with Gasteiger partial charge in [0.2, 0.25) is 0 Å². The van der Waals surface area contributed by atoms with Crippen molar-refractivity contribution in [1.29, 1.82) is 0 Å². The summed E-state index contributed by atoms with van der Waals surface area (Å²) in [6, 6.07) is 98.9. The summed E-state index contributed by atoms with van der Waals surface area (Å²) in [6.45, 7) is 15.2. The van der Waals surface area contributed by atoms with Gasteiger partial charge in [-0.25, -0.2) is 19.7 Å². The van der Waals surface area contributed by atoms with Gasteiger partial charge < -0.3 is 14.4 Å². The first kappa shape index (κ1) is 47.6. The summed E-state index contributed by atoms with van der Waals surface area (Å²) in [4.78, 5) is 21.8. The summed E-state index contributed by atoms with van der Waals surface area (Å²) in [6.07, 6.45) is 0. The minimum atomic E-state index is 0.515. The van der Waals surface area contributed by atoms with Gasteiger partial charge in [-0.15, -0.1) is 0 Å². The molecule has 11 aromatic carbocycles. The molecule has 0 radical (unpaired) electrons. The van der Waals surface area contributed by atoms with Crippen LogP contribution in [0.5, 0.6) is 0 Å². The predicted octanol–water partition coefficient (Wildman–Crippen LogP) is 19.9. The zero-order valence-corrected chi connectivity index (χ0v) is 42.8. The van der Waals surface area contributed by atoms with Crippen LogP contribution >= 0.6 is 0 Å². The molecule has 79 heavy (non-hydrogen) atoms. The zero-order valence-electron chi connectivity index (χ0n) is 42.8. The van der Waals surface area contributed by atoms with E-state index in [9.17, 15) is 0 Å². The third-order valence-electron chi connectivity index (χ3n) is 14.4. The Balaban J connectivity index is 0.839. The van der Waals surface area contributed by atoms with E-state index < -0.39 is 0 Å². The molecule has 0 spiro atoms. The van der Waals surface area contributed by atoms with Crippen LogP contribution in [0.15, 0.2) is 285 Å². The number of fused-ring (bicyclic) bond motifs is 3. The largest absolute Gasteiger partial charge is 0.310 e. The Bertz CT molecular complexity index is 4120. The van der Waals surface area contributed by atoms with Crippen LogP contribution in [-0.4, -0.2) is 14.5 Å². The number of hydrogen-bond acceptors (Lipinski definition) is 4. The first-order valence-corrected chi connectivity index (χ1v) is 26.1. The van der Waals surface area contributed by atoms with Gasteiger partial charge in [-0.05, 0) is 143 Å². The van der Waals surface area contributed by atoms with Crippen molar-refractivity contribution in [1.82, 2.24) is 14.5 Å². The number of aromatic nitrogens is 3. The van der Waals surface area contributed by atoms with Crippen LogP contribution in [0.25, 0.3) is 93.3 Å². The van der Waals surface area contributed by atoms with Gasteiger partial charge in [0.05, 0.1) is 35.6 Å². The fourth-order valence-corrected chi connectivity index (χ4v) is 10.6. The van der Waals surface area contributed by atoms with Crippen molar-refractivity contribution in [2.24, 2.45) is 0 Å². The highest BCUT2D eigenvalue weighted by Gasteiger charge is 2.21. The Morgan fingerprint density at radius 3 is 1.08 bits per heavy atom. The van der Waals surface area contributed by atoms with Gasteiger partial charge in [-0.3, -0.25) is 0 Å². The molecule has 7 nitrogen and oxygen atoms in total. The fraction of sp³-hybridized carbons (Fsp3) is 0. The molecule has 0 saturated carbocycles. The Morgan fingerprint density at radius 2 is 0.658 bits per heavy atom. The lowest BCUT2D eigenvalue weighted by Crippen LogP contribution is -2.09. The molecule has 0 N–H and O–H groups in total. The lowest BCUT2D eigenvalue weighted by Gasteiger charge is -2.26. The van der Waals surface area contributed by atoms with E-state index in [1.54, 1.807) is 12.1 Å². The van der Waals surface area contributed by atoms with Crippen LogP contribution in [0.2, 0.25) is 0 Å². The van der Waals surface area contributed by atoms with Crippen molar-refractivity contribution >= 4 is 67.3 Å². The SMILES string of the molecule is [C-]#[N+]c1cccc(-c2cc(-c3ccc(-c4ccc(-c5ccc(-n6c7ccc(N(c8ccccc8)c8ccccc8)cc7c7cc(N(c8ccccc8)c8ccccc8)ccc76)cc5)cc4)cc3)nc(-c3cccc([N+]#[C-])c3)n2)c1. The van der Waals surface area contributed by atoms with Crippen LogP contribution in [0, 0.1) is 13.1 Å². The normalized spacial score (nSPS) is 11.0. The molecule has 0 aliphatic heterocycles. The fourth-order valence-electron chi connectivity index (χ4n) is 10.6. The van der Waals surface area contributed by atoms with Crippen LogP contribution < -0.4 is 9.80 Å². The average Bonchev–Trinajstić information content (AvgIpc) is 4.12. The Labute approximate surface area is 459 Å². The third-order valence-corrected chi connectivity index (χ3v) is 14.4. The topological polar surface area (TPSA) is 45.9 Å².